The lowest BCUT2D eigenvalue weighted by molar-refractivity contribution is -0.325. The lowest BCUT2D eigenvalue weighted by Gasteiger charge is -2.34. The van der Waals surface area contributed by atoms with Gasteiger partial charge in [-0.25, -0.2) is 9.68 Å². The zero-order valence-electron chi connectivity index (χ0n) is 7.08. The number of hydrogen-bond donors (Lipinski definition) is 3. The molecule has 6 heteroatoms. The van der Waals surface area contributed by atoms with Crippen LogP contribution in [0.3, 0.4) is 0 Å². The number of ether oxygens (including phenoxy) is 1. The van der Waals surface area contributed by atoms with Crippen LogP contribution in [0, 0.1) is 5.92 Å². The molecule has 4 atom stereocenters. The van der Waals surface area contributed by atoms with Crippen molar-refractivity contribution in [3.63, 3.8) is 0 Å². The maximum absolute atomic E-state index is 10.6. The van der Waals surface area contributed by atoms with Crippen molar-refractivity contribution in [3.05, 3.63) is 0 Å². The minimum Gasteiger partial charge on any atom is -0.479 e. The van der Waals surface area contributed by atoms with Crippen molar-refractivity contribution in [2.75, 3.05) is 6.61 Å². The number of carboxylic acids is 1. The van der Waals surface area contributed by atoms with Gasteiger partial charge >= 0.3 is 5.97 Å². The Kier molecular flexibility index (Phi) is 3.21. The summed E-state index contributed by atoms with van der Waals surface area (Å²) in [5, 5.41) is 26.4. The van der Waals surface area contributed by atoms with Gasteiger partial charge < -0.3 is 14.9 Å². The van der Waals surface area contributed by atoms with Gasteiger partial charge in [0.15, 0.2) is 6.10 Å². The quantitative estimate of drug-likeness (QED) is 0.396. The van der Waals surface area contributed by atoms with Crippen LogP contribution in [0.2, 0.25) is 0 Å². The average molecular weight is 192 g/mol. The van der Waals surface area contributed by atoms with E-state index in [0.29, 0.717) is 0 Å². The minimum atomic E-state index is -1.12. The van der Waals surface area contributed by atoms with Crippen LogP contribution in [0.25, 0.3) is 0 Å². The summed E-state index contributed by atoms with van der Waals surface area (Å²) in [4.78, 5) is 14.5. The lowest BCUT2D eigenvalue weighted by Crippen LogP contribution is -2.51. The van der Waals surface area contributed by atoms with Crippen molar-refractivity contribution in [2.45, 2.75) is 25.2 Å². The average Bonchev–Trinajstić information content (AvgIpc) is 2.09. The van der Waals surface area contributed by atoms with Crippen LogP contribution in [-0.4, -0.2) is 46.4 Å². The van der Waals surface area contributed by atoms with E-state index in [1.54, 1.807) is 0 Å². The Morgan fingerprint density at radius 2 is 2.23 bits per heavy atom. The van der Waals surface area contributed by atoms with Crippen molar-refractivity contribution < 1.29 is 29.9 Å². The highest BCUT2D eigenvalue weighted by atomic mass is 17.1. The van der Waals surface area contributed by atoms with Crippen molar-refractivity contribution in [3.8, 4) is 0 Å². The standard InChI is InChI=1S/C7H12O6/c1-3-5(8)4(13-11)2-12-6(3)7(9)10/h3-6,8,11H,2H2,1H3,(H,9,10). The Morgan fingerprint density at radius 3 is 2.69 bits per heavy atom. The fourth-order valence-corrected chi connectivity index (χ4v) is 1.36. The Bertz CT molecular complexity index is 193. The van der Waals surface area contributed by atoms with E-state index in [4.69, 9.17) is 15.1 Å². The van der Waals surface area contributed by atoms with Gasteiger partial charge in [-0.2, -0.15) is 0 Å². The molecule has 0 aliphatic carbocycles. The topological polar surface area (TPSA) is 96.2 Å². The summed E-state index contributed by atoms with van der Waals surface area (Å²) in [5.74, 6) is -1.73. The molecule has 0 aromatic rings. The summed E-state index contributed by atoms with van der Waals surface area (Å²) >= 11 is 0. The van der Waals surface area contributed by atoms with E-state index < -0.39 is 30.2 Å². The molecule has 1 heterocycles. The Labute approximate surface area is 74.6 Å². The SMILES string of the molecule is CC1C(C(=O)O)OCC(OO)C1O. The van der Waals surface area contributed by atoms with Crippen LogP contribution >= 0.6 is 0 Å². The summed E-state index contributed by atoms with van der Waals surface area (Å²) in [5.41, 5.74) is 0. The van der Waals surface area contributed by atoms with Gasteiger partial charge in [0.1, 0.15) is 6.10 Å². The van der Waals surface area contributed by atoms with Crippen LogP contribution in [0.15, 0.2) is 0 Å². The monoisotopic (exact) mass is 192 g/mol. The highest BCUT2D eigenvalue weighted by molar-refractivity contribution is 5.72. The molecule has 6 nitrogen and oxygen atoms in total. The molecule has 0 aromatic heterocycles. The number of hydrogen-bond acceptors (Lipinski definition) is 5. The summed E-state index contributed by atoms with van der Waals surface area (Å²) in [6, 6.07) is 0. The first-order valence-corrected chi connectivity index (χ1v) is 3.90. The van der Waals surface area contributed by atoms with E-state index in [-0.39, 0.29) is 6.61 Å². The predicted molar refractivity (Wildman–Crippen MR) is 40.0 cm³/mol. The van der Waals surface area contributed by atoms with E-state index in [0.717, 1.165) is 0 Å². The van der Waals surface area contributed by atoms with Gasteiger partial charge in [-0.1, -0.05) is 6.92 Å². The number of aliphatic hydroxyl groups excluding tert-OH is 1. The summed E-state index contributed by atoms with van der Waals surface area (Å²) in [6.45, 7) is 1.40. The van der Waals surface area contributed by atoms with Gasteiger partial charge in [0.05, 0.1) is 12.7 Å². The molecule has 76 valence electrons. The van der Waals surface area contributed by atoms with Crippen LogP contribution in [-0.2, 0) is 14.4 Å². The molecule has 0 spiro atoms. The normalized spacial score (nSPS) is 40.2. The summed E-state index contributed by atoms with van der Waals surface area (Å²) in [6.07, 6.45) is -2.94. The Hall–Kier alpha value is -0.690. The van der Waals surface area contributed by atoms with E-state index in [1.807, 2.05) is 0 Å². The van der Waals surface area contributed by atoms with Gasteiger partial charge in [-0.15, -0.1) is 0 Å². The molecule has 1 saturated heterocycles. The van der Waals surface area contributed by atoms with Crippen molar-refractivity contribution in [1.82, 2.24) is 0 Å². The van der Waals surface area contributed by atoms with Gasteiger partial charge in [-0.3, -0.25) is 5.26 Å². The number of aliphatic hydroxyl groups is 1. The van der Waals surface area contributed by atoms with E-state index in [2.05, 4.69) is 4.89 Å². The fourth-order valence-electron chi connectivity index (χ4n) is 1.36. The van der Waals surface area contributed by atoms with E-state index >= 15 is 0 Å². The highest BCUT2D eigenvalue weighted by Gasteiger charge is 2.41. The first-order chi connectivity index (χ1) is 6.07. The number of carboxylic acid groups (broad SMARTS) is 1. The van der Waals surface area contributed by atoms with Crippen LogP contribution in [0.4, 0.5) is 0 Å². The first-order valence-electron chi connectivity index (χ1n) is 3.90. The second kappa shape index (κ2) is 4.01. The van der Waals surface area contributed by atoms with E-state index in [1.165, 1.54) is 6.92 Å². The maximum atomic E-state index is 10.6. The largest absolute Gasteiger partial charge is 0.479 e. The van der Waals surface area contributed by atoms with Gasteiger partial charge in [0.2, 0.25) is 0 Å². The predicted octanol–water partition coefficient (Wildman–Crippen LogP) is -0.675. The smallest absolute Gasteiger partial charge is 0.333 e. The number of carbonyl (C=O) groups is 1. The molecule has 4 unspecified atom stereocenters. The van der Waals surface area contributed by atoms with E-state index in [9.17, 15) is 9.90 Å². The van der Waals surface area contributed by atoms with Crippen LogP contribution in [0.5, 0.6) is 0 Å². The third kappa shape index (κ3) is 1.97. The molecule has 0 aromatic carbocycles. The van der Waals surface area contributed by atoms with Gasteiger partial charge in [-0.05, 0) is 0 Å². The highest BCUT2D eigenvalue weighted by Crippen LogP contribution is 2.22. The van der Waals surface area contributed by atoms with Gasteiger partial charge in [0, 0.05) is 5.92 Å². The number of aliphatic carboxylic acids is 1. The molecule has 1 rings (SSSR count). The van der Waals surface area contributed by atoms with Crippen molar-refractivity contribution in [2.24, 2.45) is 5.92 Å². The maximum Gasteiger partial charge on any atom is 0.333 e. The molecule has 13 heavy (non-hydrogen) atoms. The lowest BCUT2D eigenvalue weighted by atomic mass is 9.92. The molecule has 0 amide bonds. The molecular weight excluding hydrogens is 180 g/mol. The number of rotatable bonds is 2. The molecular formula is C7H12O6. The van der Waals surface area contributed by atoms with Crippen molar-refractivity contribution >= 4 is 5.97 Å². The summed E-state index contributed by atoms with van der Waals surface area (Å²) < 4.78 is 4.88. The minimum absolute atomic E-state index is 0.126. The molecule has 0 bridgehead atoms. The molecule has 0 saturated carbocycles. The molecule has 1 aliphatic rings. The van der Waals surface area contributed by atoms with Crippen LogP contribution < -0.4 is 0 Å². The van der Waals surface area contributed by atoms with Gasteiger partial charge in [0.25, 0.3) is 0 Å². The fraction of sp³-hybridized carbons (Fsp3) is 0.857. The van der Waals surface area contributed by atoms with Crippen molar-refractivity contribution in [1.29, 1.82) is 0 Å². The molecule has 1 aliphatic heterocycles. The zero-order chi connectivity index (χ0) is 10.0. The molecule has 0 radical (unpaired) electrons. The molecule has 1 fully saturated rings. The Balaban J connectivity index is 2.64. The first kappa shape index (κ1) is 10.4. The zero-order valence-corrected chi connectivity index (χ0v) is 7.08. The second-order valence-electron chi connectivity index (χ2n) is 3.09. The Morgan fingerprint density at radius 1 is 1.62 bits per heavy atom. The van der Waals surface area contributed by atoms with Crippen LogP contribution in [0.1, 0.15) is 6.92 Å². The third-order valence-corrected chi connectivity index (χ3v) is 2.22. The second-order valence-corrected chi connectivity index (χ2v) is 3.09. The summed E-state index contributed by atoms with van der Waals surface area (Å²) in [7, 11) is 0. The third-order valence-electron chi connectivity index (χ3n) is 2.22. The molecule has 3 N–H and O–H groups in total.